The lowest BCUT2D eigenvalue weighted by Gasteiger charge is -2.32. The first-order valence-electron chi connectivity index (χ1n) is 7.68. The number of piperidine rings is 1. The van der Waals surface area contributed by atoms with Crippen molar-refractivity contribution < 1.29 is 14.3 Å². The highest BCUT2D eigenvalue weighted by Crippen LogP contribution is 2.20. The van der Waals surface area contributed by atoms with Gasteiger partial charge in [0.1, 0.15) is 0 Å². The number of hydrogen-bond acceptors (Lipinski definition) is 4. The molecule has 2 rings (SSSR count). The minimum Gasteiger partial charge on any atom is -0.383 e. The Balaban J connectivity index is 1.83. The van der Waals surface area contributed by atoms with Gasteiger partial charge in [0.05, 0.1) is 17.3 Å². The number of nitrogens with one attached hydrogen (secondary N) is 2. The third-order valence-electron chi connectivity index (χ3n) is 3.78. The van der Waals surface area contributed by atoms with E-state index in [4.69, 9.17) is 16.3 Å². The Kier molecular flexibility index (Phi) is 6.83. The van der Waals surface area contributed by atoms with Crippen molar-refractivity contribution >= 4 is 29.1 Å². The molecule has 2 N–H and O–H groups in total. The molecule has 7 heteroatoms. The van der Waals surface area contributed by atoms with Crippen LogP contribution in [0.15, 0.2) is 24.3 Å². The Morgan fingerprint density at radius 1 is 1.35 bits per heavy atom. The zero-order valence-corrected chi connectivity index (χ0v) is 13.9. The van der Waals surface area contributed by atoms with Crippen LogP contribution in [-0.4, -0.2) is 56.1 Å². The number of halogens is 1. The average molecular weight is 340 g/mol. The van der Waals surface area contributed by atoms with Crippen LogP contribution in [0.3, 0.4) is 0 Å². The number of methoxy groups -OCH3 is 1. The summed E-state index contributed by atoms with van der Waals surface area (Å²) in [5.41, 5.74) is 0.430. The number of carbonyl (C=O) groups excluding carboxylic acids is 2. The molecular weight excluding hydrogens is 318 g/mol. The number of amides is 2. The predicted molar refractivity (Wildman–Crippen MR) is 89.6 cm³/mol. The monoisotopic (exact) mass is 339 g/mol. The summed E-state index contributed by atoms with van der Waals surface area (Å²) in [5.74, 6) is -1.34. The van der Waals surface area contributed by atoms with Gasteiger partial charge in [-0.2, -0.15) is 0 Å². The molecular formula is C16H22ClN3O3. The fraction of sp³-hybridized carbons (Fsp3) is 0.500. The summed E-state index contributed by atoms with van der Waals surface area (Å²) in [4.78, 5) is 26.2. The summed E-state index contributed by atoms with van der Waals surface area (Å²) in [6.07, 6.45) is 1.86. The fourth-order valence-electron chi connectivity index (χ4n) is 2.59. The number of rotatable bonds is 5. The zero-order valence-electron chi connectivity index (χ0n) is 13.2. The van der Waals surface area contributed by atoms with Gasteiger partial charge in [0.2, 0.25) is 0 Å². The number of para-hydroxylation sites is 1. The molecule has 0 saturated carbocycles. The Labute approximate surface area is 141 Å². The fourth-order valence-corrected chi connectivity index (χ4v) is 2.77. The smallest absolute Gasteiger partial charge is 0.313 e. The molecule has 0 bridgehead atoms. The van der Waals surface area contributed by atoms with Gasteiger partial charge in [0, 0.05) is 26.2 Å². The molecule has 1 aliphatic rings. The number of anilines is 1. The second kappa shape index (κ2) is 8.86. The van der Waals surface area contributed by atoms with E-state index >= 15 is 0 Å². The van der Waals surface area contributed by atoms with Gasteiger partial charge in [0.25, 0.3) is 0 Å². The van der Waals surface area contributed by atoms with Gasteiger partial charge < -0.3 is 15.4 Å². The highest BCUT2D eigenvalue weighted by molar-refractivity contribution is 6.41. The van der Waals surface area contributed by atoms with Crippen molar-refractivity contribution in [2.45, 2.75) is 18.9 Å². The molecule has 6 nitrogen and oxygen atoms in total. The second-order valence-corrected chi connectivity index (χ2v) is 5.95. The van der Waals surface area contributed by atoms with Gasteiger partial charge >= 0.3 is 11.8 Å². The van der Waals surface area contributed by atoms with E-state index in [1.54, 1.807) is 31.4 Å². The van der Waals surface area contributed by atoms with E-state index in [1.807, 2.05) is 0 Å². The van der Waals surface area contributed by atoms with Crippen molar-refractivity contribution in [1.82, 2.24) is 10.2 Å². The van der Waals surface area contributed by atoms with E-state index in [-0.39, 0.29) is 6.04 Å². The number of nitrogens with zero attached hydrogens (tertiary/aromatic N) is 1. The third-order valence-corrected chi connectivity index (χ3v) is 4.11. The van der Waals surface area contributed by atoms with E-state index in [0.29, 0.717) is 17.3 Å². The molecule has 1 atom stereocenters. The first kappa shape index (κ1) is 17.7. The Morgan fingerprint density at radius 3 is 2.87 bits per heavy atom. The Morgan fingerprint density at radius 2 is 2.13 bits per heavy atom. The van der Waals surface area contributed by atoms with E-state index < -0.39 is 11.8 Å². The van der Waals surface area contributed by atoms with Gasteiger partial charge in [-0.15, -0.1) is 0 Å². The number of ether oxygens (including phenoxy) is 1. The minimum absolute atomic E-state index is 0.0231. The molecule has 1 saturated heterocycles. The normalized spacial score (nSPS) is 18.4. The maximum atomic E-state index is 12.0. The molecule has 0 aliphatic carbocycles. The van der Waals surface area contributed by atoms with Crippen LogP contribution in [0.25, 0.3) is 0 Å². The molecule has 0 spiro atoms. The SMILES string of the molecule is COCCN1CCC[C@@H](NC(=O)C(=O)Nc2ccccc2Cl)C1. The summed E-state index contributed by atoms with van der Waals surface area (Å²) in [6, 6.07) is 6.79. The lowest BCUT2D eigenvalue weighted by Crippen LogP contribution is -2.50. The second-order valence-electron chi connectivity index (χ2n) is 5.54. The summed E-state index contributed by atoms with van der Waals surface area (Å²) in [6.45, 7) is 3.21. The lowest BCUT2D eigenvalue weighted by atomic mass is 10.1. The topological polar surface area (TPSA) is 70.7 Å². The van der Waals surface area contributed by atoms with Gasteiger partial charge in [-0.25, -0.2) is 0 Å². The largest absolute Gasteiger partial charge is 0.383 e. The molecule has 1 aromatic carbocycles. The van der Waals surface area contributed by atoms with Crippen LogP contribution in [0.5, 0.6) is 0 Å². The Bertz CT molecular complexity index is 553. The van der Waals surface area contributed by atoms with Crippen LogP contribution in [0.2, 0.25) is 5.02 Å². The van der Waals surface area contributed by atoms with Crippen molar-refractivity contribution in [1.29, 1.82) is 0 Å². The Hall–Kier alpha value is -1.63. The van der Waals surface area contributed by atoms with Crippen LogP contribution in [0.4, 0.5) is 5.69 Å². The molecule has 1 heterocycles. The molecule has 1 aromatic rings. The van der Waals surface area contributed by atoms with Crippen LogP contribution in [0.1, 0.15) is 12.8 Å². The first-order valence-corrected chi connectivity index (χ1v) is 8.05. The molecule has 0 unspecified atom stereocenters. The number of likely N-dealkylation sites (tertiary alicyclic amines) is 1. The van der Waals surface area contributed by atoms with Crippen molar-refractivity contribution in [2.75, 3.05) is 38.7 Å². The number of benzene rings is 1. The summed E-state index contributed by atoms with van der Waals surface area (Å²) >= 11 is 5.97. The molecule has 0 radical (unpaired) electrons. The summed E-state index contributed by atoms with van der Waals surface area (Å²) < 4.78 is 5.07. The number of carbonyl (C=O) groups is 2. The zero-order chi connectivity index (χ0) is 16.7. The van der Waals surface area contributed by atoms with E-state index in [2.05, 4.69) is 15.5 Å². The van der Waals surface area contributed by atoms with E-state index in [1.165, 1.54) is 0 Å². The predicted octanol–water partition coefficient (Wildman–Crippen LogP) is 1.51. The van der Waals surface area contributed by atoms with Gasteiger partial charge in [-0.05, 0) is 31.5 Å². The van der Waals surface area contributed by atoms with Crippen molar-refractivity contribution in [3.8, 4) is 0 Å². The van der Waals surface area contributed by atoms with Crippen LogP contribution in [-0.2, 0) is 14.3 Å². The standard InChI is InChI=1S/C16H22ClN3O3/c1-23-10-9-20-8-4-5-12(11-20)18-15(21)16(22)19-14-7-3-2-6-13(14)17/h2-3,6-7,12H,4-5,8-11H2,1H3,(H,18,21)(H,19,22)/t12-/m1/s1. The van der Waals surface area contributed by atoms with Crippen LogP contribution in [0, 0.1) is 0 Å². The molecule has 126 valence electrons. The van der Waals surface area contributed by atoms with Gasteiger partial charge in [-0.3, -0.25) is 14.5 Å². The van der Waals surface area contributed by atoms with Crippen LogP contribution < -0.4 is 10.6 Å². The van der Waals surface area contributed by atoms with E-state index in [9.17, 15) is 9.59 Å². The quantitative estimate of drug-likeness (QED) is 0.798. The lowest BCUT2D eigenvalue weighted by molar-refractivity contribution is -0.136. The summed E-state index contributed by atoms with van der Waals surface area (Å²) in [5, 5.41) is 5.72. The maximum absolute atomic E-state index is 12.0. The van der Waals surface area contributed by atoms with Gasteiger partial charge in [0.15, 0.2) is 0 Å². The maximum Gasteiger partial charge on any atom is 0.313 e. The average Bonchev–Trinajstić information content (AvgIpc) is 2.55. The van der Waals surface area contributed by atoms with Crippen molar-refractivity contribution in [3.05, 3.63) is 29.3 Å². The third kappa shape index (κ3) is 5.49. The van der Waals surface area contributed by atoms with E-state index in [0.717, 1.165) is 32.5 Å². The highest BCUT2D eigenvalue weighted by atomic mass is 35.5. The van der Waals surface area contributed by atoms with Crippen molar-refractivity contribution in [3.63, 3.8) is 0 Å². The molecule has 1 aliphatic heterocycles. The first-order chi connectivity index (χ1) is 11.1. The highest BCUT2D eigenvalue weighted by Gasteiger charge is 2.24. The number of hydrogen-bond donors (Lipinski definition) is 2. The van der Waals surface area contributed by atoms with Gasteiger partial charge in [-0.1, -0.05) is 23.7 Å². The molecule has 1 fully saturated rings. The summed E-state index contributed by atoms with van der Waals surface area (Å²) in [7, 11) is 1.67. The molecule has 0 aromatic heterocycles. The molecule has 23 heavy (non-hydrogen) atoms. The molecule has 2 amide bonds. The minimum atomic E-state index is -0.702. The van der Waals surface area contributed by atoms with Crippen molar-refractivity contribution in [2.24, 2.45) is 0 Å². The van der Waals surface area contributed by atoms with Crippen LogP contribution >= 0.6 is 11.6 Å².